The smallest absolute Gasteiger partial charge is 0.356 e. The molecule has 1 unspecified atom stereocenters. The predicted molar refractivity (Wildman–Crippen MR) is 55.9 cm³/mol. The second-order valence-corrected chi connectivity index (χ2v) is 5.11. The number of aromatic carboxylic acids is 1. The van der Waals surface area contributed by atoms with Crippen LogP contribution in [0.15, 0.2) is 0 Å². The minimum absolute atomic E-state index is 0.201. The number of nitrogens with zero attached hydrogens (tertiary/aromatic N) is 1. The zero-order chi connectivity index (χ0) is 11.2. The second kappa shape index (κ2) is 3.08. The van der Waals surface area contributed by atoms with Crippen LogP contribution in [-0.4, -0.2) is 21.3 Å². The quantitative estimate of drug-likeness (QED) is 0.740. The Morgan fingerprint density at radius 3 is 2.87 bits per heavy atom. The molecule has 15 heavy (non-hydrogen) atoms. The summed E-state index contributed by atoms with van der Waals surface area (Å²) in [6.07, 6.45) is 1.68. The van der Waals surface area contributed by atoms with Gasteiger partial charge < -0.3 is 5.11 Å². The number of aromatic amines is 1. The van der Waals surface area contributed by atoms with Gasteiger partial charge in [0.1, 0.15) is 0 Å². The molecule has 0 aromatic carbocycles. The van der Waals surface area contributed by atoms with E-state index in [0.29, 0.717) is 5.92 Å². The summed E-state index contributed by atoms with van der Waals surface area (Å²) in [5, 5.41) is 15.7. The molecular weight excluding hydrogens is 192 g/mol. The number of hydrogen-bond acceptors (Lipinski definition) is 2. The number of carboxylic acids is 1. The Balaban J connectivity index is 2.43. The van der Waals surface area contributed by atoms with Gasteiger partial charge in [0.15, 0.2) is 5.69 Å². The first-order valence-electron chi connectivity index (χ1n) is 5.21. The van der Waals surface area contributed by atoms with E-state index < -0.39 is 5.97 Å². The lowest BCUT2D eigenvalue weighted by Crippen LogP contribution is -2.31. The molecule has 1 aliphatic carbocycles. The normalized spacial score (nSPS) is 23.5. The van der Waals surface area contributed by atoms with Crippen LogP contribution in [0, 0.1) is 11.3 Å². The third-order valence-electron chi connectivity index (χ3n) is 3.63. The van der Waals surface area contributed by atoms with Crippen molar-refractivity contribution in [1.82, 2.24) is 10.2 Å². The summed E-state index contributed by atoms with van der Waals surface area (Å²) >= 11 is 0. The Kier molecular flexibility index (Phi) is 2.10. The average molecular weight is 208 g/mol. The van der Waals surface area contributed by atoms with E-state index in [0.717, 1.165) is 24.1 Å². The highest BCUT2D eigenvalue weighted by molar-refractivity contribution is 5.87. The molecule has 0 amide bonds. The Bertz CT molecular complexity index is 407. The van der Waals surface area contributed by atoms with Crippen molar-refractivity contribution in [3.05, 3.63) is 17.0 Å². The van der Waals surface area contributed by atoms with Crippen LogP contribution >= 0.6 is 0 Å². The third-order valence-corrected chi connectivity index (χ3v) is 3.63. The maximum Gasteiger partial charge on any atom is 0.356 e. The Labute approximate surface area is 88.7 Å². The zero-order valence-corrected chi connectivity index (χ0v) is 9.29. The first-order valence-corrected chi connectivity index (χ1v) is 5.21. The molecule has 0 spiro atoms. The molecule has 4 nitrogen and oxygen atoms in total. The molecule has 82 valence electrons. The monoisotopic (exact) mass is 208 g/mol. The van der Waals surface area contributed by atoms with Crippen molar-refractivity contribution in [2.45, 2.75) is 33.6 Å². The standard InChI is InChI=1S/C11H16N2O2/c1-6-4-7-8(5-11(6,2)3)12-13-9(7)10(14)15/h6H,4-5H2,1-3H3,(H,12,13)(H,14,15). The fourth-order valence-electron chi connectivity index (χ4n) is 2.16. The fourth-order valence-corrected chi connectivity index (χ4v) is 2.16. The first-order chi connectivity index (χ1) is 6.92. The summed E-state index contributed by atoms with van der Waals surface area (Å²) in [7, 11) is 0. The maximum atomic E-state index is 10.9. The highest BCUT2D eigenvalue weighted by Gasteiger charge is 2.35. The molecule has 1 aromatic heterocycles. The van der Waals surface area contributed by atoms with Crippen molar-refractivity contribution in [3.63, 3.8) is 0 Å². The van der Waals surface area contributed by atoms with Gasteiger partial charge in [-0.15, -0.1) is 0 Å². The van der Waals surface area contributed by atoms with Crippen molar-refractivity contribution < 1.29 is 9.90 Å². The van der Waals surface area contributed by atoms with Crippen LogP contribution < -0.4 is 0 Å². The molecule has 2 N–H and O–H groups in total. The van der Waals surface area contributed by atoms with Crippen LogP contribution in [0.4, 0.5) is 0 Å². The summed E-state index contributed by atoms with van der Waals surface area (Å²) in [6, 6.07) is 0. The molecule has 0 saturated carbocycles. The summed E-state index contributed by atoms with van der Waals surface area (Å²) in [5.41, 5.74) is 2.31. The maximum absolute atomic E-state index is 10.9. The van der Waals surface area contributed by atoms with Crippen LogP contribution in [0.1, 0.15) is 42.5 Å². The fraction of sp³-hybridized carbons (Fsp3) is 0.636. The number of H-pyrrole nitrogens is 1. The molecule has 2 rings (SSSR count). The van der Waals surface area contributed by atoms with E-state index in [1.165, 1.54) is 0 Å². The van der Waals surface area contributed by atoms with E-state index in [1.807, 2.05) is 0 Å². The van der Waals surface area contributed by atoms with Gasteiger partial charge >= 0.3 is 5.97 Å². The lowest BCUT2D eigenvalue weighted by Gasteiger charge is -2.35. The number of fused-ring (bicyclic) bond motifs is 1. The van der Waals surface area contributed by atoms with Gasteiger partial charge in [-0.2, -0.15) is 5.10 Å². The van der Waals surface area contributed by atoms with E-state index >= 15 is 0 Å². The van der Waals surface area contributed by atoms with Gasteiger partial charge in [0, 0.05) is 11.3 Å². The van der Waals surface area contributed by atoms with Gasteiger partial charge in [-0.3, -0.25) is 5.10 Å². The van der Waals surface area contributed by atoms with E-state index in [4.69, 9.17) is 5.11 Å². The van der Waals surface area contributed by atoms with Crippen molar-refractivity contribution in [3.8, 4) is 0 Å². The average Bonchev–Trinajstić information content (AvgIpc) is 2.47. The first kappa shape index (κ1) is 10.2. The molecule has 4 heteroatoms. The van der Waals surface area contributed by atoms with Gasteiger partial charge in [0.25, 0.3) is 0 Å². The van der Waals surface area contributed by atoms with Gasteiger partial charge in [-0.1, -0.05) is 20.8 Å². The third kappa shape index (κ3) is 1.54. The van der Waals surface area contributed by atoms with Crippen LogP contribution in [0.2, 0.25) is 0 Å². The van der Waals surface area contributed by atoms with Gasteiger partial charge in [0.05, 0.1) is 0 Å². The lowest BCUT2D eigenvalue weighted by molar-refractivity contribution is 0.0688. The Morgan fingerprint density at radius 1 is 1.60 bits per heavy atom. The van der Waals surface area contributed by atoms with Crippen LogP contribution in [0.25, 0.3) is 0 Å². The lowest BCUT2D eigenvalue weighted by atomic mass is 9.69. The van der Waals surface area contributed by atoms with Crippen molar-refractivity contribution in [2.24, 2.45) is 11.3 Å². The summed E-state index contributed by atoms with van der Waals surface area (Å²) < 4.78 is 0. The highest BCUT2D eigenvalue weighted by Crippen LogP contribution is 2.39. The van der Waals surface area contributed by atoms with Crippen molar-refractivity contribution >= 4 is 5.97 Å². The van der Waals surface area contributed by atoms with Gasteiger partial charge in [-0.05, 0) is 24.2 Å². The molecule has 1 aliphatic rings. The number of carbonyl (C=O) groups is 1. The molecule has 1 heterocycles. The number of aromatic nitrogens is 2. The largest absolute Gasteiger partial charge is 0.476 e. The minimum Gasteiger partial charge on any atom is -0.476 e. The predicted octanol–water partition coefficient (Wildman–Crippen LogP) is 1.87. The molecule has 0 aliphatic heterocycles. The second-order valence-electron chi connectivity index (χ2n) is 5.11. The van der Waals surface area contributed by atoms with Gasteiger partial charge in [-0.25, -0.2) is 4.79 Å². The van der Waals surface area contributed by atoms with Crippen LogP contribution in [0.3, 0.4) is 0 Å². The molecule has 1 atom stereocenters. The SMILES string of the molecule is CC1Cc2c(C(=O)O)n[nH]c2CC1(C)C. The molecule has 1 aromatic rings. The van der Waals surface area contributed by atoms with Crippen molar-refractivity contribution in [2.75, 3.05) is 0 Å². The Morgan fingerprint density at radius 2 is 2.27 bits per heavy atom. The van der Waals surface area contributed by atoms with Crippen molar-refractivity contribution in [1.29, 1.82) is 0 Å². The van der Waals surface area contributed by atoms with E-state index in [1.54, 1.807) is 0 Å². The van der Waals surface area contributed by atoms with Crippen LogP contribution in [0.5, 0.6) is 0 Å². The van der Waals surface area contributed by atoms with Gasteiger partial charge in [0.2, 0.25) is 0 Å². The molecule has 0 bridgehead atoms. The topological polar surface area (TPSA) is 66.0 Å². The minimum atomic E-state index is -0.931. The number of carboxylic acid groups (broad SMARTS) is 1. The summed E-state index contributed by atoms with van der Waals surface area (Å²) in [5.74, 6) is -0.444. The van der Waals surface area contributed by atoms with E-state index in [2.05, 4.69) is 31.0 Å². The molecule has 0 fully saturated rings. The number of hydrogen-bond donors (Lipinski definition) is 2. The molecular formula is C11H16N2O2. The molecule has 0 saturated heterocycles. The molecule has 0 radical (unpaired) electrons. The van der Waals surface area contributed by atoms with E-state index in [-0.39, 0.29) is 11.1 Å². The zero-order valence-electron chi connectivity index (χ0n) is 9.29. The summed E-state index contributed by atoms with van der Waals surface area (Å²) in [4.78, 5) is 10.9. The van der Waals surface area contributed by atoms with Crippen LogP contribution in [-0.2, 0) is 12.8 Å². The Hall–Kier alpha value is -1.32. The number of nitrogens with one attached hydrogen (secondary N) is 1. The summed E-state index contributed by atoms with van der Waals surface area (Å²) in [6.45, 7) is 6.59. The highest BCUT2D eigenvalue weighted by atomic mass is 16.4. The number of rotatable bonds is 1. The van der Waals surface area contributed by atoms with E-state index in [9.17, 15) is 4.79 Å².